The molecule has 3 N–H and O–H groups in total. The molecule has 1 saturated heterocycles. The second-order valence-electron chi connectivity index (χ2n) is 9.42. The quantitative estimate of drug-likeness (QED) is 0.591. The van der Waals surface area contributed by atoms with Gasteiger partial charge in [0.1, 0.15) is 11.5 Å². The average molecular weight is 484 g/mol. The van der Waals surface area contributed by atoms with Crippen molar-refractivity contribution in [3.8, 4) is 11.4 Å². The van der Waals surface area contributed by atoms with Gasteiger partial charge in [0.25, 0.3) is 0 Å². The summed E-state index contributed by atoms with van der Waals surface area (Å²) in [7, 11) is -3.30. The number of halogens is 1. The van der Waals surface area contributed by atoms with E-state index in [0.29, 0.717) is 49.0 Å². The number of nitrogens with two attached hydrogens (primary N) is 1. The third-order valence-electron chi connectivity index (χ3n) is 5.67. The third-order valence-corrected chi connectivity index (χ3v) is 7.82. The van der Waals surface area contributed by atoms with Crippen LogP contribution in [-0.2, 0) is 10.0 Å². The van der Waals surface area contributed by atoms with Gasteiger partial charge >= 0.3 is 0 Å². The minimum atomic E-state index is -3.30. The normalized spacial score (nSPS) is 16.6. The van der Waals surface area contributed by atoms with E-state index in [1.165, 1.54) is 0 Å². The molecule has 0 unspecified atom stereocenters. The Kier molecular flexibility index (Phi) is 7.48. The average Bonchev–Trinajstić information content (AvgIpc) is 3.09. The molecule has 178 valence electrons. The molecule has 0 amide bonds. The molecule has 1 fully saturated rings. The zero-order chi connectivity index (χ0) is 23.7. The zero-order valence-corrected chi connectivity index (χ0v) is 21.0. The van der Waals surface area contributed by atoms with E-state index in [2.05, 4.69) is 38.7 Å². The Labute approximate surface area is 195 Å². The molecule has 0 aromatic carbocycles. The van der Waals surface area contributed by atoms with Crippen LogP contribution in [0.25, 0.3) is 11.4 Å². The summed E-state index contributed by atoms with van der Waals surface area (Å²) in [6, 6.07) is 0.296. The molecule has 32 heavy (non-hydrogen) atoms. The summed E-state index contributed by atoms with van der Waals surface area (Å²) in [6.07, 6.45) is 5.15. The number of imidazole rings is 1. The molecular formula is C21H34ClN7O2S. The minimum absolute atomic E-state index is 0.0706. The Bertz CT molecular complexity index is 1040. The van der Waals surface area contributed by atoms with Gasteiger partial charge in [-0.3, -0.25) is 0 Å². The summed E-state index contributed by atoms with van der Waals surface area (Å²) in [5.41, 5.74) is 6.92. The van der Waals surface area contributed by atoms with E-state index >= 15 is 0 Å². The van der Waals surface area contributed by atoms with Crippen molar-refractivity contribution in [2.24, 2.45) is 5.73 Å². The molecule has 3 heterocycles. The fourth-order valence-corrected chi connectivity index (χ4v) is 5.88. The molecular weight excluding hydrogens is 450 g/mol. The molecule has 3 rings (SSSR count). The number of hydrogen-bond donors (Lipinski definition) is 2. The van der Waals surface area contributed by atoms with Crippen LogP contribution in [0.1, 0.15) is 58.8 Å². The Hall–Kier alpha value is -1.75. The van der Waals surface area contributed by atoms with Gasteiger partial charge in [0, 0.05) is 30.7 Å². The maximum atomic E-state index is 12.6. The molecule has 2 aromatic rings. The number of rotatable bonds is 8. The highest BCUT2D eigenvalue weighted by Crippen LogP contribution is 2.30. The summed E-state index contributed by atoms with van der Waals surface area (Å²) >= 11 is 6.41. The van der Waals surface area contributed by atoms with Crippen LogP contribution in [0, 0.1) is 6.92 Å². The van der Waals surface area contributed by atoms with Gasteiger partial charge in [-0.1, -0.05) is 11.6 Å². The highest BCUT2D eigenvalue weighted by atomic mass is 35.5. The lowest BCUT2D eigenvalue weighted by atomic mass is 10.0. The smallest absolute Gasteiger partial charge is 0.223 e. The van der Waals surface area contributed by atoms with Crippen LogP contribution in [0.3, 0.4) is 0 Å². The van der Waals surface area contributed by atoms with Crippen molar-refractivity contribution in [3.05, 3.63) is 23.2 Å². The molecule has 0 saturated carbocycles. The molecule has 0 bridgehead atoms. The molecule has 0 atom stereocenters. The van der Waals surface area contributed by atoms with Crippen molar-refractivity contribution < 1.29 is 8.42 Å². The molecule has 1 aliphatic heterocycles. The number of nitrogens with zero attached hydrogens (tertiary/aromatic N) is 5. The summed E-state index contributed by atoms with van der Waals surface area (Å²) in [6.45, 7) is 10.7. The number of piperidine rings is 1. The van der Waals surface area contributed by atoms with E-state index in [-0.39, 0.29) is 17.8 Å². The van der Waals surface area contributed by atoms with Crippen LogP contribution in [0.4, 0.5) is 5.95 Å². The van der Waals surface area contributed by atoms with Gasteiger partial charge in [0.05, 0.1) is 28.9 Å². The summed E-state index contributed by atoms with van der Waals surface area (Å²) in [4.78, 5) is 13.4. The van der Waals surface area contributed by atoms with E-state index in [4.69, 9.17) is 17.3 Å². The monoisotopic (exact) mass is 483 g/mol. The largest absolute Gasteiger partial charge is 0.351 e. The molecule has 1 aliphatic rings. The van der Waals surface area contributed by atoms with Crippen molar-refractivity contribution in [2.75, 3.05) is 24.2 Å². The number of anilines is 1. The topological polar surface area (TPSA) is 119 Å². The Morgan fingerprint density at radius 1 is 1.25 bits per heavy atom. The van der Waals surface area contributed by atoms with Crippen LogP contribution in [0.2, 0.25) is 5.02 Å². The lowest BCUT2D eigenvalue weighted by Crippen LogP contribution is -2.45. The van der Waals surface area contributed by atoms with Gasteiger partial charge in [0.2, 0.25) is 16.0 Å². The summed E-state index contributed by atoms with van der Waals surface area (Å²) in [5.74, 6) is 1.44. The van der Waals surface area contributed by atoms with Gasteiger partial charge in [-0.2, -0.15) is 0 Å². The lowest BCUT2D eigenvalue weighted by Gasteiger charge is -2.32. The van der Waals surface area contributed by atoms with Crippen LogP contribution in [-0.4, -0.2) is 62.7 Å². The van der Waals surface area contributed by atoms with Crippen molar-refractivity contribution in [3.63, 3.8) is 0 Å². The SMILES string of the molecule is Cc1ncc(-c2nc(NC3CCN(S(=O)(=O)CCC(C)(C)N)CC3)ncc2Cl)n1C(C)C. The molecule has 0 radical (unpaired) electrons. The first-order valence-electron chi connectivity index (χ1n) is 11.0. The fourth-order valence-electron chi connectivity index (χ4n) is 3.88. The van der Waals surface area contributed by atoms with Gasteiger partial charge < -0.3 is 15.6 Å². The standard InChI is InChI=1S/C21H34ClN7O2S/c1-14(2)29-15(3)24-13-18(29)19-17(22)12-25-20(27-19)26-16-6-9-28(10-7-16)32(30,31)11-8-21(4,5)23/h12-14,16H,6-11,23H2,1-5H3,(H,25,26,27). The minimum Gasteiger partial charge on any atom is -0.351 e. The van der Waals surface area contributed by atoms with Crippen LogP contribution >= 0.6 is 11.6 Å². The molecule has 0 aliphatic carbocycles. The van der Waals surface area contributed by atoms with Crippen LogP contribution < -0.4 is 11.1 Å². The molecule has 0 spiro atoms. The second kappa shape index (κ2) is 9.62. The van der Waals surface area contributed by atoms with Crippen molar-refractivity contribution >= 4 is 27.6 Å². The first-order valence-corrected chi connectivity index (χ1v) is 13.0. The predicted molar refractivity (Wildman–Crippen MR) is 128 cm³/mol. The zero-order valence-electron chi connectivity index (χ0n) is 19.5. The fraction of sp³-hybridized carbons (Fsp3) is 0.667. The van der Waals surface area contributed by atoms with Crippen molar-refractivity contribution in [1.29, 1.82) is 0 Å². The number of aryl methyl sites for hydroxylation is 1. The summed E-state index contributed by atoms with van der Waals surface area (Å²) < 4.78 is 28.9. The van der Waals surface area contributed by atoms with Gasteiger partial charge in [-0.25, -0.2) is 27.7 Å². The lowest BCUT2D eigenvalue weighted by molar-refractivity contribution is 0.327. The van der Waals surface area contributed by atoms with E-state index < -0.39 is 15.6 Å². The van der Waals surface area contributed by atoms with Gasteiger partial charge in [-0.15, -0.1) is 0 Å². The number of sulfonamides is 1. The van der Waals surface area contributed by atoms with Gasteiger partial charge in [0.15, 0.2) is 0 Å². The molecule has 11 heteroatoms. The maximum absolute atomic E-state index is 12.6. The molecule has 2 aromatic heterocycles. The maximum Gasteiger partial charge on any atom is 0.223 e. The van der Waals surface area contributed by atoms with E-state index in [1.807, 2.05) is 20.8 Å². The highest BCUT2D eigenvalue weighted by Gasteiger charge is 2.29. The number of nitrogens with one attached hydrogen (secondary N) is 1. The first-order chi connectivity index (χ1) is 14.9. The number of aromatic nitrogens is 4. The summed E-state index contributed by atoms with van der Waals surface area (Å²) in [5, 5.41) is 3.81. The van der Waals surface area contributed by atoms with E-state index in [9.17, 15) is 8.42 Å². The van der Waals surface area contributed by atoms with Crippen molar-refractivity contribution in [1.82, 2.24) is 23.8 Å². The Balaban J connectivity index is 1.67. The highest BCUT2D eigenvalue weighted by molar-refractivity contribution is 7.89. The first kappa shape index (κ1) is 24.9. The number of hydrogen-bond acceptors (Lipinski definition) is 7. The van der Waals surface area contributed by atoms with Gasteiger partial charge in [-0.05, 0) is 53.9 Å². The van der Waals surface area contributed by atoms with Crippen molar-refractivity contribution in [2.45, 2.75) is 71.5 Å². The van der Waals surface area contributed by atoms with Crippen LogP contribution in [0.5, 0.6) is 0 Å². The predicted octanol–water partition coefficient (Wildman–Crippen LogP) is 3.22. The van der Waals surface area contributed by atoms with Crippen LogP contribution in [0.15, 0.2) is 12.4 Å². The Morgan fingerprint density at radius 3 is 2.50 bits per heavy atom. The Morgan fingerprint density at radius 2 is 1.91 bits per heavy atom. The van der Waals surface area contributed by atoms with E-state index in [0.717, 1.165) is 11.5 Å². The van der Waals surface area contributed by atoms with E-state index in [1.54, 1.807) is 16.7 Å². The second-order valence-corrected chi connectivity index (χ2v) is 11.9. The molecule has 9 nitrogen and oxygen atoms in total. The third kappa shape index (κ3) is 5.98.